The molecular formula is C22H32N3O3S+. The summed E-state index contributed by atoms with van der Waals surface area (Å²) in [5.41, 5.74) is 2.09. The first-order valence-corrected chi connectivity index (χ1v) is 11.4. The molecule has 0 bridgehead atoms. The van der Waals surface area contributed by atoms with Crippen LogP contribution in [-0.2, 0) is 21.4 Å². The first-order chi connectivity index (χ1) is 13.8. The number of nitrogens with zero attached hydrogens (tertiary/aromatic N) is 2. The van der Waals surface area contributed by atoms with Crippen molar-refractivity contribution in [2.24, 2.45) is 0 Å². The van der Waals surface area contributed by atoms with E-state index in [9.17, 15) is 13.2 Å². The lowest BCUT2D eigenvalue weighted by atomic mass is 10.1. The van der Waals surface area contributed by atoms with E-state index in [4.69, 9.17) is 0 Å². The zero-order chi connectivity index (χ0) is 21.4. The number of hydrogen-bond acceptors (Lipinski definition) is 3. The van der Waals surface area contributed by atoms with Gasteiger partial charge in [0, 0.05) is 32.2 Å². The van der Waals surface area contributed by atoms with Gasteiger partial charge in [0.1, 0.15) is 6.04 Å². The second-order valence-electron chi connectivity index (χ2n) is 7.12. The zero-order valence-electron chi connectivity index (χ0n) is 17.7. The van der Waals surface area contributed by atoms with Crippen LogP contribution in [0.4, 0.5) is 0 Å². The Bertz CT molecular complexity index is 879. The minimum Gasteiger partial charge on any atom is -0.337 e. The van der Waals surface area contributed by atoms with E-state index in [0.29, 0.717) is 31.1 Å². The Hall–Kier alpha value is -2.22. The third kappa shape index (κ3) is 6.13. The molecule has 29 heavy (non-hydrogen) atoms. The summed E-state index contributed by atoms with van der Waals surface area (Å²) < 4.78 is 26.6. The lowest BCUT2D eigenvalue weighted by Crippen LogP contribution is -2.86. The summed E-state index contributed by atoms with van der Waals surface area (Å²) in [5.74, 6) is 0.0569. The smallest absolute Gasteiger partial charge is 0.277 e. The fourth-order valence-electron chi connectivity index (χ4n) is 3.17. The van der Waals surface area contributed by atoms with Crippen LogP contribution in [0.15, 0.2) is 59.5 Å². The van der Waals surface area contributed by atoms with Gasteiger partial charge in [0.2, 0.25) is 10.0 Å². The molecule has 0 fully saturated rings. The van der Waals surface area contributed by atoms with Crippen molar-refractivity contribution >= 4 is 15.9 Å². The minimum absolute atomic E-state index is 0.0503. The van der Waals surface area contributed by atoms with Gasteiger partial charge in [-0.2, -0.15) is 4.31 Å². The van der Waals surface area contributed by atoms with Gasteiger partial charge in [-0.1, -0.05) is 56.3 Å². The highest BCUT2D eigenvalue weighted by Gasteiger charge is 2.22. The molecule has 0 saturated heterocycles. The number of carbonyl (C=O) groups is 1. The number of sulfonamides is 1. The Morgan fingerprint density at radius 3 is 2.14 bits per heavy atom. The van der Waals surface area contributed by atoms with Gasteiger partial charge in [-0.05, 0) is 24.6 Å². The van der Waals surface area contributed by atoms with Crippen LogP contribution < -0.4 is 5.32 Å². The monoisotopic (exact) mass is 418 g/mol. The number of quaternary nitrogens is 1. The van der Waals surface area contributed by atoms with E-state index < -0.39 is 10.0 Å². The van der Waals surface area contributed by atoms with Crippen molar-refractivity contribution in [3.63, 3.8) is 0 Å². The Labute approximate surface area is 174 Å². The van der Waals surface area contributed by atoms with Crippen LogP contribution in [0.3, 0.4) is 0 Å². The fourth-order valence-corrected chi connectivity index (χ4v) is 4.63. The molecule has 0 saturated carbocycles. The molecule has 2 rings (SSSR count). The second kappa shape index (κ2) is 10.5. The zero-order valence-corrected chi connectivity index (χ0v) is 18.5. The maximum atomic E-state index is 12.6. The van der Waals surface area contributed by atoms with E-state index in [2.05, 4.69) is 0 Å². The third-order valence-corrected chi connectivity index (χ3v) is 7.15. The summed E-state index contributed by atoms with van der Waals surface area (Å²) in [4.78, 5) is 14.4. The molecule has 0 spiro atoms. The van der Waals surface area contributed by atoms with Crippen LogP contribution in [0, 0.1) is 0 Å². The molecule has 158 valence electrons. The van der Waals surface area contributed by atoms with E-state index >= 15 is 0 Å². The first kappa shape index (κ1) is 23.1. The summed E-state index contributed by atoms with van der Waals surface area (Å²) >= 11 is 0. The van der Waals surface area contributed by atoms with Gasteiger partial charge in [-0.3, -0.25) is 4.79 Å². The standard InChI is InChI=1S/C22H31N3O3S/c1-5-25(6-2)29(27,28)21-14-12-20(13-15-21)18(3)23-16-22(26)24(4)17-19-10-8-7-9-11-19/h7-15,18,23H,5-6,16-17H2,1-4H3/p+1/t18-/m1/s1. The number of amides is 1. The number of benzene rings is 2. The van der Waals surface area contributed by atoms with Gasteiger partial charge >= 0.3 is 0 Å². The number of likely N-dealkylation sites (N-methyl/N-ethyl adjacent to an activating group) is 1. The summed E-state index contributed by atoms with van der Waals surface area (Å²) in [6, 6.07) is 16.9. The van der Waals surface area contributed by atoms with E-state index in [-0.39, 0.29) is 11.9 Å². The van der Waals surface area contributed by atoms with Gasteiger partial charge in [0.15, 0.2) is 6.54 Å². The normalized spacial score (nSPS) is 12.7. The quantitative estimate of drug-likeness (QED) is 0.641. The van der Waals surface area contributed by atoms with Crippen LogP contribution >= 0.6 is 0 Å². The topological polar surface area (TPSA) is 74.3 Å². The van der Waals surface area contributed by atoms with Crippen molar-refractivity contribution in [3.05, 3.63) is 65.7 Å². The van der Waals surface area contributed by atoms with Crippen molar-refractivity contribution in [1.82, 2.24) is 9.21 Å². The SMILES string of the molecule is CCN(CC)S(=O)(=O)c1ccc([C@@H](C)[NH2+]CC(=O)N(C)Cc2ccccc2)cc1. The summed E-state index contributed by atoms with van der Waals surface area (Å²) in [6.07, 6.45) is 0. The average Bonchev–Trinajstić information content (AvgIpc) is 2.73. The predicted molar refractivity (Wildman–Crippen MR) is 115 cm³/mol. The van der Waals surface area contributed by atoms with Crippen molar-refractivity contribution < 1.29 is 18.5 Å². The second-order valence-corrected chi connectivity index (χ2v) is 9.06. The summed E-state index contributed by atoms with van der Waals surface area (Å²) in [6.45, 7) is 7.49. The Kier molecular flexibility index (Phi) is 8.37. The number of hydrogen-bond donors (Lipinski definition) is 1. The summed E-state index contributed by atoms with van der Waals surface area (Å²) in [5, 5.41) is 1.97. The number of rotatable bonds is 10. The van der Waals surface area contributed by atoms with Gasteiger partial charge in [-0.15, -0.1) is 0 Å². The van der Waals surface area contributed by atoms with Crippen LogP contribution in [0.2, 0.25) is 0 Å². The minimum atomic E-state index is -3.45. The Morgan fingerprint density at radius 2 is 1.59 bits per heavy atom. The molecule has 0 unspecified atom stereocenters. The molecule has 2 N–H and O–H groups in total. The van der Waals surface area contributed by atoms with Gasteiger partial charge < -0.3 is 10.2 Å². The number of carbonyl (C=O) groups excluding carboxylic acids is 1. The average molecular weight is 419 g/mol. The van der Waals surface area contributed by atoms with Crippen molar-refractivity contribution in [3.8, 4) is 0 Å². The van der Waals surface area contributed by atoms with Crippen LogP contribution in [0.5, 0.6) is 0 Å². The molecule has 0 heterocycles. The van der Waals surface area contributed by atoms with Gasteiger partial charge in [0.25, 0.3) is 5.91 Å². The van der Waals surface area contributed by atoms with Crippen molar-refractivity contribution in [2.75, 3.05) is 26.7 Å². The maximum absolute atomic E-state index is 12.6. The molecule has 0 radical (unpaired) electrons. The molecule has 2 aromatic carbocycles. The molecule has 2 aromatic rings. The van der Waals surface area contributed by atoms with Gasteiger partial charge in [-0.25, -0.2) is 8.42 Å². The lowest BCUT2D eigenvalue weighted by molar-refractivity contribution is -0.683. The predicted octanol–water partition coefficient (Wildman–Crippen LogP) is 2.00. The van der Waals surface area contributed by atoms with Crippen LogP contribution in [0.1, 0.15) is 37.9 Å². The molecule has 1 amide bonds. The number of nitrogens with two attached hydrogens (primary N) is 1. The maximum Gasteiger partial charge on any atom is 0.277 e. The van der Waals surface area contributed by atoms with Crippen molar-refractivity contribution in [1.29, 1.82) is 0 Å². The van der Waals surface area contributed by atoms with E-state index in [1.807, 2.05) is 68.6 Å². The fraction of sp³-hybridized carbons (Fsp3) is 0.409. The first-order valence-electron chi connectivity index (χ1n) is 10.0. The molecule has 6 nitrogen and oxygen atoms in total. The molecular weight excluding hydrogens is 386 g/mol. The van der Waals surface area contributed by atoms with Crippen molar-refractivity contribution in [2.45, 2.75) is 38.3 Å². The Morgan fingerprint density at radius 1 is 1.00 bits per heavy atom. The third-order valence-electron chi connectivity index (χ3n) is 5.08. The van der Waals surface area contributed by atoms with E-state index in [0.717, 1.165) is 11.1 Å². The molecule has 0 aliphatic rings. The molecule has 0 aliphatic heterocycles. The van der Waals surface area contributed by atoms with E-state index in [1.165, 1.54) is 4.31 Å². The molecule has 1 atom stereocenters. The molecule has 0 aromatic heterocycles. The molecule has 7 heteroatoms. The highest BCUT2D eigenvalue weighted by molar-refractivity contribution is 7.89. The molecule has 0 aliphatic carbocycles. The Balaban J connectivity index is 1.93. The largest absolute Gasteiger partial charge is 0.337 e. The van der Waals surface area contributed by atoms with E-state index in [1.54, 1.807) is 24.1 Å². The highest BCUT2D eigenvalue weighted by Crippen LogP contribution is 2.18. The van der Waals surface area contributed by atoms with Crippen LogP contribution in [-0.4, -0.2) is 50.2 Å². The summed E-state index contributed by atoms with van der Waals surface area (Å²) in [7, 11) is -1.64. The highest BCUT2D eigenvalue weighted by atomic mass is 32.2. The van der Waals surface area contributed by atoms with Crippen LogP contribution in [0.25, 0.3) is 0 Å². The lowest BCUT2D eigenvalue weighted by Gasteiger charge is -2.19. The van der Waals surface area contributed by atoms with Gasteiger partial charge in [0.05, 0.1) is 4.90 Å².